The lowest BCUT2D eigenvalue weighted by Gasteiger charge is -2.19. The molecule has 0 aromatic carbocycles. The summed E-state index contributed by atoms with van der Waals surface area (Å²) in [6, 6.07) is 1.77. The molecule has 5 heteroatoms. The molecule has 0 amide bonds. The smallest absolute Gasteiger partial charge is 0.323 e. The van der Waals surface area contributed by atoms with Crippen molar-refractivity contribution in [3.63, 3.8) is 0 Å². The molecule has 90 valence electrons. The van der Waals surface area contributed by atoms with Gasteiger partial charge in [-0.05, 0) is 13.3 Å². The molecule has 1 aromatic heterocycles. The fraction of sp³-hybridized carbons (Fsp3) is 0.417. The van der Waals surface area contributed by atoms with Crippen LogP contribution in [0.2, 0.25) is 0 Å². The van der Waals surface area contributed by atoms with Gasteiger partial charge in [0.2, 0.25) is 0 Å². The van der Waals surface area contributed by atoms with Gasteiger partial charge in [0.15, 0.2) is 0 Å². The number of aryl methyl sites for hydroxylation is 2. The van der Waals surface area contributed by atoms with Crippen LogP contribution in [0.5, 0.6) is 0 Å². The van der Waals surface area contributed by atoms with Crippen LogP contribution in [0.1, 0.15) is 18.4 Å². The third kappa shape index (κ3) is 3.76. The van der Waals surface area contributed by atoms with E-state index in [2.05, 4.69) is 15.9 Å². The minimum absolute atomic E-state index is 0.163. The first-order valence-corrected chi connectivity index (χ1v) is 5.31. The standard InChI is InChI=1S/C12H15N3O2/c1-4-6-15(8-12(16)17)11-7-10(5-2)13-9(3)14-11/h1,7H,5-6,8H2,2-3H3,(H,16,17). The van der Waals surface area contributed by atoms with Crippen LogP contribution in [0.25, 0.3) is 0 Å². The molecule has 17 heavy (non-hydrogen) atoms. The monoisotopic (exact) mass is 233 g/mol. The van der Waals surface area contributed by atoms with Crippen LogP contribution in [-0.4, -0.2) is 34.1 Å². The number of carboxylic acids is 1. The van der Waals surface area contributed by atoms with E-state index in [0.29, 0.717) is 11.6 Å². The second-order valence-corrected chi connectivity index (χ2v) is 3.57. The first-order valence-electron chi connectivity index (χ1n) is 5.31. The number of rotatable bonds is 5. The largest absolute Gasteiger partial charge is 0.480 e. The van der Waals surface area contributed by atoms with Crippen LogP contribution < -0.4 is 4.90 Å². The minimum Gasteiger partial charge on any atom is -0.480 e. The Balaban J connectivity index is 3.04. The lowest BCUT2D eigenvalue weighted by atomic mass is 10.3. The number of terminal acetylenes is 1. The van der Waals surface area contributed by atoms with Gasteiger partial charge >= 0.3 is 5.97 Å². The molecular weight excluding hydrogens is 218 g/mol. The molecule has 1 rings (SSSR count). The molecule has 0 aliphatic carbocycles. The molecule has 0 saturated carbocycles. The number of aromatic nitrogens is 2. The average Bonchev–Trinajstić information content (AvgIpc) is 2.27. The topological polar surface area (TPSA) is 66.3 Å². The maximum Gasteiger partial charge on any atom is 0.323 e. The second kappa shape index (κ2) is 5.85. The number of carbonyl (C=O) groups is 1. The van der Waals surface area contributed by atoms with Gasteiger partial charge in [-0.3, -0.25) is 4.79 Å². The SMILES string of the molecule is C#CCN(CC(=O)O)c1cc(CC)nc(C)n1. The Morgan fingerprint density at radius 2 is 2.29 bits per heavy atom. The van der Waals surface area contributed by atoms with E-state index < -0.39 is 5.97 Å². The summed E-state index contributed by atoms with van der Waals surface area (Å²) in [6.07, 6.45) is 5.99. The van der Waals surface area contributed by atoms with E-state index in [0.717, 1.165) is 12.1 Å². The van der Waals surface area contributed by atoms with Crippen LogP contribution in [0.3, 0.4) is 0 Å². The van der Waals surface area contributed by atoms with E-state index in [1.54, 1.807) is 13.0 Å². The van der Waals surface area contributed by atoms with Crippen molar-refractivity contribution in [3.8, 4) is 12.3 Å². The number of hydrogen-bond acceptors (Lipinski definition) is 4. The van der Waals surface area contributed by atoms with E-state index in [1.807, 2.05) is 6.92 Å². The van der Waals surface area contributed by atoms with Gasteiger partial charge in [-0.15, -0.1) is 6.42 Å². The fourth-order valence-corrected chi connectivity index (χ4v) is 1.45. The molecule has 5 nitrogen and oxygen atoms in total. The van der Waals surface area contributed by atoms with Crippen molar-refractivity contribution < 1.29 is 9.90 Å². The molecular formula is C12H15N3O2. The van der Waals surface area contributed by atoms with Crippen LogP contribution in [0, 0.1) is 19.3 Å². The first-order chi connectivity index (χ1) is 8.06. The highest BCUT2D eigenvalue weighted by Crippen LogP contribution is 2.12. The molecule has 0 atom stereocenters. The summed E-state index contributed by atoms with van der Waals surface area (Å²) in [5.41, 5.74) is 0.875. The third-order valence-electron chi connectivity index (χ3n) is 2.17. The Bertz CT molecular complexity index is 452. The number of nitrogens with zero attached hydrogens (tertiary/aromatic N) is 3. The number of hydrogen-bond donors (Lipinski definition) is 1. The maximum absolute atomic E-state index is 10.7. The third-order valence-corrected chi connectivity index (χ3v) is 2.17. The lowest BCUT2D eigenvalue weighted by Crippen LogP contribution is -2.31. The summed E-state index contributed by atoms with van der Waals surface area (Å²) < 4.78 is 0. The van der Waals surface area contributed by atoms with E-state index in [9.17, 15) is 4.79 Å². The van der Waals surface area contributed by atoms with E-state index in [-0.39, 0.29) is 13.1 Å². The van der Waals surface area contributed by atoms with Crippen molar-refractivity contribution in [1.29, 1.82) is 0 Å². The van der Waals surface area contributed by atoms with Gasteiger partial charge in [0.25, 0.3) is 0 Å². The molecule has 0 aliphatic rings. The normalized spacial score (nSPS) is 9.71. The van der Waals surface area contributed by atoms with Crippen molar-refractivity contribution in [2.75, 3.05) is 18.0 Å². The van der Waals surface area contributed by atoms with E-state index in [4.69, 9.17) is 11.5 Å². The molecule has 1 N–H and O–H groups in total. The van der Waals surface area contributed by atoms with E-state index in [1.165, 1.54) is 4.90 Å². The Morgan fingerprint density at radius 1 is 1.59 bits per heavy atom. The van der Waals surface area contributed by atoms with Gasteiger partial charge in [0.1, 0.15) is 18.2 Å². The Hall–Kier alpha value is -2.09. The molecule has 0 unspecified atom stereocenters. The van der Waals surface area contributed by atoms with E-state index >= 15 is 0 Å². The zero-order chi connectivity index (χ0) is 12.8. The average molecular weight is 233 g/mol. The van der Waals surface area contributed by atoms with Gasteiger partial charge in [0, 0.05) is 11.8 Å². The Morgan fingerprint density at radius 3 is 2.82 bits per heavy atom. The maximum atomic E-state index is 10.7. The van der Waals surface area contributed by atoms with Gasteiger partial charge in [0.05, 0.1) is 6.54 Å². The van der Waals surface area contributed by atoms with Gasteiger partial charge in [-0.25, -0.2) is 9.97 Å². The molecule has 0 aliphatic heterocycles. The first kappa shape index (κ1) is 13.0. The van der Waals surface area contributed by atoms with Crippen LogP contribution in [-0.2, 0) is 11.2 Å². The highest BCUT2D eigenvalue weighted by molar-refractivity contribution is 5.73. The van der Waals surface area contributed by atoms with Gasteiger partial charge < -0.3 is 10.0 Å². The predicted octanol–water partition coefficient (Wildman–Crippen LogP) is 0.872. The van der Waals surface area contributed by atoms with Crippen molar-refractivity contribution >= 4 is 11.8 Å². The minimum atomic E-state index is -0.936. The zero-order valence-electron chi connectivity index (χ0n) is 9.97. The molecule has 0 bridgehead atoms. The lowest BCUT2D eigenvalue weighted by molar-refractivity contribution is -0.135. The molecule has 1 aromatic rings. The van der Waals surface area contributed by atoms with Crippen molar-refractivity contribution in [3.05, 3.63) is 17.6 Å². The van der Waals surface area contributed by atoms with Crippen LogP contribution in [0.15, 0.2) is 6.07 Å². The Kier molecular flexibility index (Phi) is 4.46. The summed E-state index contributed by atoms with van der Waals surface area (Å²) in [5, 5.41) is 8.81. The molecule has 1 heterocycles. The molecule has 0 radical (unpaired) electrons. The number of aliphatic carboxylic acids is 1. The summed E-state index contributed by atoms with van der Waals surface area (Å²) in [5.74, 6) is 2.68. The summed E-state index contributed by atoms with van der Waals surface area (Å²) in [4.78, 5) is 20.7. The van der Waals surface area contributed by atoms with Crippen molar-refractivity contribution in [2.45, 2.75) is 20.3 Å². The Labute approximate surface area is 101 Å². The van der Waals surface area contributed by atoms with Crippen LogP contribution >= 0.6 is 0 Å². The van der Waals surface area contributed by atoms with Crippen molar-refractivity contribution in [2.24, 2.45) is 0 Å². The molecule has 0 fully saturated rings. The second-order valence-electron chi connectivity index (χ2n) is 3.57. The predicted molar refractivity (Wildman–Crippen MR) is 64.8 cm³/mol. The van der Waals surface area contributed by atoms with Crippen LogP contribution in [0.4, 0.5) is 5.82 Å². The number of anilines is 1. The quantitative estimate of drug-likeness (QED) is 0.764. The fourth-order valence-electron chi connectivity index (χ4n) is 1.45. The summed E-state index contributed by atoms with van der Waals surface area (Å²) in [6.45, 7) is 3.81. The van der Waals surface area contributed by atoms with Gasteiger partial charge in [-0.1, -0.05) is 12.8 Å². The summed E-state index contributed by atoms with van der Waals surface area (Å²) >= 11 is 0. The highest BCUT2D eigenvalue weighted by atomic mass is 16.4. The van der Waals surface area contributed by atoms with Gasteiger partial charge in [-0.2, -0.15) is 0 Å². The molecule has 0 saturated heterocycles. The molecule has 0 spiro atoms. The zero-order valence-corrected chi connectivity index (χ0v) is 9.97. The highest BCUT2D eigenvalue weighted by Gasteiger charge is 2.12. The van der Waals surface area contributed by atoms with Crippen molar-refractivity contribution in [1.82, 2.24) is 9.97 Å². The summed E-state index contributed by atoms with van der Waals surface area (Å²) in [7, 11) is 0. The number of carboxylic acid groups (broad SMARTS) is 1.